The molecule has 0 radical (unpaired) electrons. The number of likely N-dealkylation sites (N-methyl/N-ethyl adjacent to an activating group) is 1. The van der Waals surface area contributed by atoms with Crippen molar-refractivity contribution in [3.05, 3.63) is 12.3 Å². The van der Waals surface area contributed by atoms with Crippen LogP contribution < -0.4 is 5.73 Å². The number of aromatic nitrogens is 2. The van der Waals surface area contributed by atoms with Crippen LogP contribution in [0.4, 0.5) is 5.82 Å². The first-order chi connectivity index (χ1) is 9.60. The Balaban J connectivity index is 1.82. The van der Waals surface area contributed by atoms with E-state index in [4.69, 9.17) is 5.73 Å². The van der Waals surface area contributed by atoms with E-state index >= 15 is 0 Å². The van der Waals surface area contributed by atoms with Gasteiger partial charge in [0.1, 0.15) is 12.4 Å². The SMILES string of the molecule is CCCN1CCC(N(C)C(=O)Cn2ccc(N)n2)CC1. The first-order valence-electron chi connectivity index (χ1n) is 7.37. The van der Waals surface area contributed by atoms with Crippen LogP contribution in [-0.2, 0) is 11.3 Å². The van der Waals surface area contributed by atoms with Gasteiger partial charge in [-0.15, -0.1) is 0 Å². The quantitative estimate of drug-likeness (QED) is 0.865. The van der Waals surface area contributed by atoms with Crippen molar-refractivity contribution < 1.29 is 4.79 Å². The van der Waals surface area contributed by atoms with Gasteiger partial charge in [-0.2, -0.15) is 5.10 Å². The average Bonchev–Trinajstić information content (AvgIpc) is 2.84. The maximum Gasteiger partial charge on any atom is 0.244 e. The molecule has 1 aliphatic heterocycles. The van der Waals surface area contributed by atoms with Crippen LogP contribution >= 0.6 is 0 Å². The molecule has 112 valence electrons. The molecule has 0 unspecified atom stereocenters. The lowest BCUT2D eigenvalue weighted by Gasteiger charge is -2.36. The lowest BCUT2D eigenvalue weighted by atomic mass is 10.0. The highest BCUT2D eigenvalue weighted by molar-refractivity contribution is 5.76. The number of hydrogen-bond acceptors (Lipinski definition) is 4. The first kappa shape index (κ1) is 14.8. The van der Waals surface area contributed by atoms with Crippen LogP contribution in [0.3, 0.4) is 0 Å². The smallest absolute Gasteiger partial charge is 0.244 e. The fraction of sp³-hybridized carbons (Fsp3) is 0.714. The Labute approximate surface area is 120 Å². The van der Waals surface area contributed by atoms with Crippen LogP contribution in [0.2, 0.25) is 0 Å². The number of nitrogen functional groups attached to an aromatic ring is 1. The summed E-state index contributed by atoms with van der Waals surface area (Å²) in [5.74, 6) is 0.551. The second kappa shape index (κ2) is 6.74. The molecule has 0 aliphatic carbocycles. The lowest BCUT2D eigenvalue weighted by Crippen LogP contribution is -2.46. The lowest BCUT2D eigenvalue weighted by molar-refractivity contribution is -0.133. The maximum atomic E-state index is 12.2. The van der Waals surface area contributed by atoms with Crippen LogP contribution in [-0.4, -0.2) is 58.2 Å². The number of carbonyl (C=O) groups is 1. The predicted molar refractivity (Wildman–Crippen MR) is 79.2 cm³/mol. The number of rotatable bonds is 5. The second-order valence-corrected chi connectivity index (χ2v) is 5.52. The number of nitrogens with zero attached hydrogens (tertiary/aromatic N) is 4. The van der Waals surface area contributed by atoms with Crippen molar-refractivity contribution in [2.24, 2.45) is 0 Å². The Bertz CT molecular complexity index is 437. The Hall–Kier alpha value is -1.56. The molecule has 6 heteroatoms. The molecular formula is C14H25N5O. The Morgan fingerprint density at radius 2 is 2.20 bits per heavy atom. The molecule has 20 heavy (non-hydrogen) atoms. The largest absolute Gasteiger partial charge is 0.382 e. The zero-order valence-corrected chi connectivity index (χ0v) is 12.5. The van der Waals surface area contributed by atoms with E-state index in [2.05, 4.69) is 16.9 Å². The van der Waals surface area contributed by atoms with E-state index < -0.39 is 0 Å². The van der Waals surface area contributed by atoms with Crippen LogP contribution in [0, 0.1) is 0 Å². The number of anilines is 1. The normalized spacial score (nSPS) is 17.3. The molecule has 1 amide bonds. The zero-order chi connectivity index (χ0) is 14.5. The van der Waals surface area contributed by atoms with Gasteiger partial charge in [-0.25, -0.2) is 0 Å². The van der Waals surface area contributed by atoms with Gasteiger partial charge < -0.3 is 15.5 Å². The summed E-state index contributed by atoms with van der Waals surface area (Å²) >= 11 is 0. The van der Waals surface area contributed by atoms with Gasteiger partial charge in [-0.3, -0.25) is 9.48 Å². The van der Waals surface area contributed by atoms with Crippen LogP contribution in [0.25, 0.3) is 0 Å². The highest BCUT2D eigenvalue weighted by Gasteiger charge is 2.25. The predicted octanol–water partition coefficient (Wildman–Crippen LogP) is 0.798. The minimum Gasteiger partial charge on any atom is -0.382 e. The molecule has 0 spiro atoms. The van der Waals surface area contributed by atoms with E-state index in [0.717, 1.165) is 32.5 Å². The minimum absolute atomic E-state index is 0.0991. The third kappa shape index (κ3) is 3.72. The van der Waals surface area contributed by atoms with Gasteiger partial charge in [0.05, 0.1) is 0 Å². The van der Waals surface area contributed by atoms with E-state index in [0.29, 0.717) is 11.9 Å². The van der Waals surface area contributed by atoms with Crippen LogP contribution in [0.1, 0.15) is 26.2 Å². The number of amides is 1. The summed E-state index contributed by atoms with van der Waals surface area (Å²) in [5, 5.41) is 4.05. The molecule has 0 aromatic carbocycles. The topological polar surface area (TPSA) is 67.4 Å². The zero-order valence-electron chi connectivity index (χ0n) is 12.5. The summed E-state index contributed by atoms with van der Waals surface area (Å²) in [6.45, 7) is 5.81. The van der Waals surface area contributed by atoms with E-state index in [9.17, 15) is 4.79 Å². The van der Waals surface area contributed by atoms with Gasteiger partial charge in [-0.05, 0) is 31.9 Å². The molecule has 2 N–H and O–H groups in total. The fourth-order valence-electron chi connectivity index (χ4n) is 2.77. The minimum atomic E-state index is 0.0991. The molecule has 1 fully saturated rings. The van der Waals surface area contributed by atoms with Crippen LogP contribution in [0.5, 0.6) is 0 Å². The molecule has 1 aromatic heterocycles. The standard InChI is InChI=1S/C14H25N5O/c1-3-7-18-8-4-12(5-9-18)17(2)14(20)11-19-10-6-13(15)16-19/h6,10,12H,3-5,7-9,11H2,1-2H3,(H2,15,16). The van der Waals surface area contributed by atoms with Crippen molar-refractivity contribution >= 4 is 11.7 Å². The monoisotopic (exact) mass is 279 g/mol. The Morgan fingerprint density at radius 3 is 2.75 bits per heavy atom. The molecule has 0 atom stereocenters. The number of hydrogen-bond donors (Lipinski definition) is 1. The van der Waals surface area contributed by atoms with Gasteiger partial charge >= 0.3 is 0 Å². The highest BCUT2D eigenvalue weighted by Crippen LogP contribution is 2.16. The molecule has 2 rings (SSSR count). The maximum absolute atomic E-state index is 12.2. The van der Waals surface area contributed by atoms with E-state index in [-0.39, 0.29) is 12.5 Å². The van der Waals surface area contributed by atoms with Crippen molar-refractivity contribution in [3.63, 3.8) is 0 Å². The van der Waals surface area contributed by atoms with Gasteiger partial charge in [-0.1, -0.05) is 6.92 Å². The molecule has 1 saturated heterocycles. The number of carbonyl (C=O) groups excluding carboxylic acids is 1. The van der Waals surface area contributed by atoms with Gasteiger partial charge in [0, 0.05) is 32.4 Å². The summed E-state index contributed by atoms with van der Waals surface area (Å²) in [6.07, 6.45) is 5.05. The summed E-state index contributed by atoms with van der Waals surface area (Å²) in [7, 11) is 1.90. The van der Waals surface area contributed by atoms with Crippen molar-refractivity contribution in [2.75, 3.05) is 32.4 Å². The Morgan fingerprint density at radius 1 is 1.50 bits per heavy atom. The van der Waals surface area contributed by atoms with Crippen molar-refractivity contribution in [2.45, 2.75) is 38.8 Å². The molecule has 1 aromatic rings. The molecule has 0 bridgehead atoms. The third-order valence-electron chi connectivity index (χ3n) is 4.00. The van der Waals surface area contributed by atoms with E-state index in [1.807, 2.05) is 11.9 Å². The number of nitrogens with two attached hydrogens (primary N) is 1. The number of likely N-dealkylation sites (tertiary alicyclic amines) is 1. The molecule has 2 heterocycles. The molecule has 0 saturated carbocycles. The summed E-state index contributed by atoms with van der Waals surface area (Å²) in [6, 6.07) is 2.06. The average molecular weight is 279 g/mol. The van der Waals surface area contributed by atoms with Crippen molar-refractivity contribution in [3.8, 4) is 0 Å². The van der Waals surface area contributed by atoms with Crippen molar-refractivity contribution in [1.29, 1.82) is 0 Å². The van der Waals surface area contributed by atoms with Gasteiger partial charge in [0.15, 0.2) is 0 Å². The highest BCUT2D eigenvalue weighted by atomic mass is 16.2. The van der Waals surface area contributed by atoms with Gasteiger partial charge in [0.2, 0.25) is 5.91 Å². The van der Waals surface area contributed by atoms with Gasteiger partial charge in [0.25, 0.3) is 0 Å². The Kier molecular flexibility index (Phi) is 5.00. The van der Waals surface area contributed by atoms with Crippen LogP contribution in [0.15, 0.2) is 12.3 Å². The summed E-state index contributed by atoms with van der Waals surface area (Å²) in [4.78, 5) is 16.6. The van der Waals surface area contributed by atoms with E-state index in [1.165, 1.54) is 6.42 Å². The summed E-state index contributed by atoms with van der Waals surface area (Å²) < 4.78 is 1.60. The fourth-order valence-corrected chi connectivity index (χ4v) is 2.77. The molecule has 1 aliphatic rings. The molecule has 6 nitrogen and oxygen atoms in total. The first-order valence-corrected chi connectivity index (χ1v) is 7.37. The van der Waals surface area contributed by atoms with E-state index in [1.54, 1.807) is 16.9 Å². The third-order valence-corrected chi connectivity index (χ3v) is 4.00. The second-order valence-electron chi connectivity index (χ2n) is 5.52. The number of piperidine rings is 1. The molecular weight excluding hydrogens is 254 g/mol. The van der Waals surface area contributed by atoms with Crippen molar-refractivity contribution in [1.82, 2.24) is 19.6 Å². The summed E-state index contributed by atoms with van der Waals surface area (Å²) in [5.41, 5.74) is 5.55.